The fourth-order valence-electron chi connectivity index (χ4n) is 2.36. The van der Waals surface area contributed by atoms with Crippen molar-refractivity contribution >= 4 is 33.0 Å². The zero-order valence-corrected chi connectivity index (χ0v) is 12.7. The van der Waals surface area contributed by atoms with Crippen molar-refractivity contribution in [1.29, 1.82) is 0 Å². The molecule has 0 spiro atoms. The molecule has 3 heteroatoms. The number of fused-ring (bicyclic) bond motifs is 1. The lowest BCUT2D eigenvalue weighted by Crippen LogP contribution is -1.95. The largest absolute Gasteiger partial charge is 0.497 e. The molecule has 0 aliphatic rings. The molecule has 0 bridgehead atoms. The summed E-state index contributed by atoms with van der Waals surface area (Å²) >= 11 is 8.37. The zero-order valence-electron chi connectivity index (χ0n) is 11.2. The fraction of sp³-hybridized carbons (Fsp3) is 0.176. The number of hydrogen-bond donors (Lipinski definition) is 0. The molecule has 0 aliphatic carbocycles. The maximum absolute atomic E-state index is 6.62. The van der Waals surface area contributed by atoms with Crippen LogP contribution in [0.25, 0.3) is 10.1 Å². The van der Waals surface area contributed by atoms with Crippen LogP contribution in [0.2, 0.25) is 0 Å². The number of thiophene rings is 1. The first-order valence-corrected chi connectivity index (χ1v) is 7.82. The van der Waals surface area contributed by atoms with E-state index in [9.17, 15) is 0 Å². The summed E-state index contributed by atoms with van der Waals surface area (Å²) in [4.78, 5) is 0. The van der Waals surface area contributed by atoms with Crippen molar-refractivity contribution in [2.24, 2.45) is 0 Å². The Morgan fingerprint density at radius 1 is 1.15 bits per heavy atom. The summed E-state index contributed by atoms with van der Waals surface area (Å²) in [6, 6.07) is 16.5. The van der Waals surface area contributed by atoms with Crippen molar-refractivity contribution in [2.45, 2.75) is 11.8 Å². The second kappa shape index (κ2) is 5.86. The monoisotopic (exact) mass is 302 g/mol. The van der Waals surface area contributed by atoms with Gasteiger partial charge in [-0.2, -0.15) is 0 Å². The first-order chi connectivity index (χ1) is 9.78. The average Bonchev–Trinajstić information content (AvgIpc) is 2.91. The van der Waals surface area contributed by atoms with Crippen LogP contribution in [0.3, 0.4) is 0 Å². The number of alkyl halides is 1. The highest BCUT2D eigenvalue weighted by molar-refractivity contribution is 7.17. The molecule has 1 unspecified atom stereocenters. The Hall–Kier alpha value is -1.51. The Morgan fingerprint density at radius 3 is 2.85 bits per heavy atom. The Morgan fingerprint density at radius 2 is 2.00 bits per heavy atom. The molecule has 1 heterocycles. The third-order valence-electron chi connectivity index (χ3n) is 3.40. The number of methoxy groups -OCH3 is 1. The van der Waals surface area contributed by atoms with Crippen LogP contribution < -0.4 is 4.74 Å². The van der Waals surface area contributed by atoms with Gasteiger partial charge in [0.05, 0.1) is 12.5 Å². The summed E-state index contributed by atoms with van der Waals surface area (Å²) in [5, 5.41) is 3.42. The van der Waals surface area contributed by atoms with Gasteiger partial charge in [-0.1, -0.05) is 30.3 Å². The van der Waals surface area contributed by atoms with Crippen LogP contribution in [0.5, 0.6) is 5.75 Å². The first-order valence-electron chi connectivity index (χ1n) is 6.51. The highest BCUT2D eigenvalue weighted by Gasteiger charge is 2.14. The number of ether oxygens (including phenoxy) is 1. The van der Waals surface area contributed by atoms with Crippen molar-refractivity contribution in [1.82, 2.24) is 0 Å². The molecule has 3 rings (SSSR count). The Balaban J connectivity index is 1.87. The molecule has 0 amide bonds. The van der Waals surface area contributed by atoms with E-state index < -0.39 is 0 Å². The van der Waals surface area contributed by atoms with Crippen LogP contribution in [0.1, 0.15) is 16.5 Å². The van der Waals surface area contributed by atoms with Crippen molar-refractivity contribution < 1.29 is 4.74 Å². The third-order valence-corrected chi connectivity index (χ3v) is 4.77. The van der Waals surface area contributed by atoms with Gasteiger partial charge in [0, 0.05) is 4.70 Å². The van der Waals surface area contributed by atoms with E-state index in [1.807, 2.05) is 18.2 Å². The minimum Gasteiger partial charge on any atom is -0.497 e. The van der Waals surface area contributed by atoms with E-state index >= 15 is 0 Å². The number of hydrogen-bond acceptors (Lipinski definition) is 2. The standard InChI is InChI=1S/C17H15ClOS/c1-19-13-6-4-5-12(9-13)10-16(18)15-11-20-17-8-3-2-7-14(15)17/h2-9,11,16H,10H2,1H3. The summed E-state index contributed by atoms with van der Waals surface area (Å²) in [6.45, 7) is 0. The molecule has 0 saturated heterocycles. The third kappa shape index (κ3) is 2.67. The molecule has 102 valence electrons. The predicted molar refractivity (Wildman–Crippen MR) is 87.1 cm³/mol. The van der Waals surface area contributed by atoms with Gasteiger partial charge in [0.2, 0.25) is 0 Å². The number of rotatable bonds is 4. The fourth-order valence-corrected chi connectivity index (χ4v) is 3.81. The highest BCUT2D eigenvalue weighted by atomic mass is 35.5. The maximum atomic E-state index is 6.62. The Labute approximate surface area is 127 Å². The molecule has 1 atom stereocenters. The van der Waals surface area contributed by atoms with E-state index in [1.165, 1.54) is 21.2 Å². The summed E-state index contributed by atoms with van der Waals surface area (Å²) in [6.07, 6.45) is 0.805. The molecular formula is C17H15ClOS. The highest BCUT2D eigenvalue weighted by Crippen LogP contribution is 2.35. The van der Waals surface area contributed by atoms with E-state index in [0.29, 0.717) is 0 Å². The van der Waals surface area contributed by atoms with Crippen LogP contribution in [0.4, 0.5) is 0 Å². The van der Waals surface area contributed by atoms with Crippen LogP contribution in [0, 0.1) is 0 Å². The summed E-state index contributed by atoms with van der Waals surface area (Å²) in [7, 11) is 1.68. The van der Waals surface area contributed by atoms with Crippen LogP contribution in [-0.2, 0) is 6.42 Å². The molecule has 20 heavy (non-hydrogen) atoms. The van der Waals surface area contributed by atoms with Crippen molar-refractivity contribution in [2.75, 3.05) is 7.11 Å². The van der Waals surface area contributed by atoms with Gasteiger partial charge in [-0.05, 0) is 46.5 Å². The average molecular weight is 303 g/mol. The summed E-state index contributed by atoms with van der Waals surface area (Å²) < 4.78 is 6.55. The predicted octanol–water partition coefficient (Wildman–Crippen LogP) is 5.43. The van der Waals surface area contributed by atoms with Gasteiger partial charge in [0.25, 0.3) is 0 Å². The molecule has 1 aromatic heterocycles. The molecule has 2 aromatic carbocycles. The number of benzene rings is 2. The summed E-state index contributed by atoms with van der Waals surface area (Å²) in [5.41, 5.74) is 2.41. The van der Waals surface area contributed by atoms with Gasteiger partial charge in [-0.25, -0.2) is 0 Å². The quantitative estimate of drug-likeness (QED) is 0.584. The molecule has 1 nitrogen and oxygen atoms in total. The van der Waals surface area contributed by atoms with Gasteiger partial charge in [-0.3, -0.25) is 0 Å². The second-order valence-corrected chi connectivity index (χ2v) is 6.15. The van der Waals surface area contributed by atoms with Gasteiger partial charge in [0.15, 0.2) is 0 Å². The van der Waals surface area contributed by atoms with Crippen LogP contribution >= 0.6 is 22.9 Å². The topological polar surface area (TPSA) is 9.23 Å². The van der Waals surface area contributed by atoms with Gasteiger partial charge in [0.1, 0.15) is 5.75 Å². The zero-order chi connectivity index (χ0) is 13.9. The first kappa shape index (κ1) is 13.5. The van der Waals surface area contributed by atoms with E-state index in [4.69, 9.17) is 16.3 Å². The maximum Gasteiger partial charge on any atom is 0.119 e. The number of halogens is 1. The lowest BCUT2D eigenvalue weighted by atomic mass is 10.0. The van der Waals surface area contributed by atoms with Gasteiger partial charge in [-0.15, -0.1) is 22.9 Å². The van der Waals surface area contributed by atoms with Crippen molar-refractivity contribution in [3.63, 3.8) is 0 Å². The summed E-state index contributed by atoms with van der Waals surface area (Å²) in [5.74, 6) is 0.876. The lowest BCUT2D eigenvalue weighted by Gasteiger charge is -2.10. The molecule has 3 aromatic rings. The molecule has 0 radical (unpaired) electrons. The lowest BCUT2D eigenvalue weighted by molar-refractivity contribution is 0.414. The van der Waals surface area contributed by atoms with Crippen molar-refractivity contribution in [3.05, 3.63) is 65.0 Å². The minimum atomic E-state index is -0.0155. The van der Waals surface area contributed by atoms with Crippen LogP contribution in [0.15, 0.2) is 53.9 Å². The van der Waals surface area contributed by atoms with E-state index in [-0.39, 0.29) is 5.38 Å². The normalized spacial score (nSPS) is 12.5. The Kier molecular flexibility index (Phi) is 3.95. The van der Waals surface area contributed by atoms with E-state index in [2.05, 4.69) is 35.7 Å². The minimum absolute atomic E-state index is 0.0155. The van der Waals surface area contributed by atoms with E-state index in [0.717, 1.165) is 12.2 Å². The van der Waals surface area contributed by atoms with Crippen LogP contribution in [-0.4, -0.2) is 7.11 Å². The second-order valence-electron chi connectivity index (χ2n) is 4.71. The Bertz CT molecular complexity index is 720. The molecule has 0 N–H and O–H groups in total. The molecule has 0 saturated carbocycles. The SMILES string of the molecule is COc1cccc(CC(Cl)c2csc3ccccc23)c1. The molecular weight excluding hydrogens is 288 g/mol. The molecule has 0 aliphatic heterocycles. The van der Waals surface area contributed by atoms with Crippen molar-refractivity contribution in [3.8, 4) is 5.75 Å². The smallest absolute Gasteiger partial charge is 0.119 e. The van der Waals surface area contributed by atoms with Gasteiger partial charge < -0.3 is 4.74 Å². The van der Waals surface area contributed by atoms with E-state index in [1.54, 1.807) is 18.4 Å². The van der Waals surface area contributed by atoms with Gasteiger partial charge >= 0.3 is 0 Å². The molecule has 0 fully saturated rings.